The van der Waals surface area contributed by atoms with Crippen LogP contribution in [0.5, 0.6) is 0 Å². The molecule has 0 saturated carbocycles. The highest BCUT2D eigenvalue weighted by molar-refractivity contribution is 5.98. The van der Waals surface area contributed by atoms with Crippen molar-refractivity contribution in [3.8, 4) is 0 Å². The molecule has 0 aliphatic carbocycles. The van der Waals surface area contributed by atoms with Gasteiger partial charge in [0.05, 0.1) is 5.52 Å². The first-order chi connectivity index (χ1) is 12.1. The monoisotopic (exact) mass is 336 g/mol. The number of rotatable bonds is 2. The Bertz CT molecular complexity index is 921. The summed E-state index contributed by atoms with van der Waals surface area (Å²) in [5, 5.41) is 5.02. The first kappa shape index (κ1) is 15.7. The predicted octanol–water partition coefficient (Wildman–Crippen LogP) is 3.25. The maximum Gasteiger partial charge on any atom is 0.253 e. The molecule has 1 atom stereocenters. The number of amides is 1. The van der Waals surface area contributed by atoms with Gasteiger partial charge in [-0.3, -0.25) is 9.78 Å². The van der Waals surface area contributed by atoms with Crippen LogP contribution in [-0.2, 0) is 0 Å². The number of carbonyl (C=O) groups is 1. The molecule has 25 heavy (non-hydrogen) atoms. The van der Waals surface area contributed by atoms with Gasteiger partial charge in [0.15, 0.2) is 5.82 Å². The lowest BCUT2D eigenvalue weighted by atomic mass is 9.96. The Morgan fingerprint density at radius 2 is 2.16 bits per heavy atom. The van der Waals surface area contributed by atoms with Crippen LogP contribution >= 0.6 is 0 Å². The minimum absolute atomic E-state index is 0.0380. The van der Waals surface area contributed by atoms with Gasteiger partial charge in [-0.1, -0.05) is 11.2 Å². The highest BCUT2D eigenvalue weighted by atomic mass is 16.5. The first-order valence-corrected chi connectivity index (χ1v) is 8.55. The number of aryl methyl sites for hydroxylation is 2. The third kappa shape index (κ3) is 2.99. The summed E-state index contributed by atoms with van der Waals surface area (Å²) >= 11 is 0. The van der Waals surface area contributed by atoms with E-state index in [1.165, 1.54) is 12.0 Å². The van der Waals surface area contributed by atoms with Crippen molar-refractivity contribution in [2.75, 3.05) is 13.1 Å². The molecule has 1 saturated heterocycles. The fourth-order valence-corrected chi connectivity index (χ4v) is 3.62. The molecule has 6 heteroatoms. The molecule has 1 amide bonds. The van der Waals surface area contributed by atoms with Crippen LogP contribution in [-0.4, -0.2) is 39.0 Å². The number of hydrogen-bond acceptors (Lipinski definition) is 5. The quantitative estimate of drug-likeness (QED) is 0.718. The average molecular weight is 336 g/mol. The van der Waals surface area contributed by atoms with Crippen molar-refractivity contribution in [3.05, 3.63) is 53.3 Å². The van der Waals surface area contributed by atoms with Crippen molar-refractivity contribution < 1.29 is 9.32 Å². The Kier molecular flexibility index (Phi) is 3.95. The van der Waals surface area contributed by atoms with Crippen molar-refractivity contribution in [2.24, 2.45) is 0 Å². The van der Waals surface area contributed by atoms with Crippen LogP contribution in [0.2, 0.25) is 0 Å². The molecule has 1 fully saturated rings. The van der Waals surface area contributed by atoms with E-state index in [0.29, 0.717) is 17.9 Å². The van der Waals surface area contributed by atoms with Crippen LogP contribution in [0.4, 0.5) is 0 Å². The fourth-order valence-electron chi connectivity index (χ4n) is 3.62. The summed E-state index contributed by atoms with van der Waals surface area (Å²) in [5.41, 5.74) is 3.69. The zero-order chi connectivity index (χ0) is 17.4. The van der Waals surface area contributed by atoms with Crippen LogP contribution in [0.1, 0.15) is 46.2 Å². The highest BCUT2D eigenvalue weighted by Gasteiger charge is 2.28. The van der Waals surface area contributed by atoms with E-state index in [1.807, 2.05) is 30.0 Å². The van der Waals surface area contributed by atoms with Gasteiger partial charge in [-0.15, -0.1) is 0 Å². The molecular formula is C19H20N4O2. The molecule has 1 aromatic carbocycles. The van der Waals surface area contributed by atoms with Gasteiger partial charge in [-0.2, -0.15) is 4.98 Å². The van der Waals surface area contributed by atoms with Crippen LogP contribution in [0.15, 0.2) is 35.2 Å². The smallest absolute Gasteiger partial charge is 0.253 e. The lowest BCUT2D eigenvalue weighted by molar-refractivity contribution is 0.0703. The highest BCUT2D eigenvalue weighted by Crippen LogP contribution is 2.26. The molecular weight excluding hydrogens is 316 g/mol. The second kappa shape index (κ2) is 6.27. The van der Waals surface area contributed by atoms with E-state index in [-0.39, 0.29) is 11.8 Å². The third-order valence-electron chi connectivity index (χ3n) is 4.84. The van der Waals surface area contributed by atoms with Crippen molar-refractivity contribution in [2.45, 2.75) is 32.6 Å². The second-order valence-electron chi connectivity index (χ2n) is 6.69. The number of piperidine rings is 1. The number of benzene rings is 1. The number of carbonyl (C=O) groups excluding carboxylic acids is 1. The zero-order valence-electron chi connectivity index (χ0n) is 14.4. The molecule has 1 aliphatic heterocycles. The van der Waals surface area contributed by atoms with Gasteiger partial charge >= 0.3 is 0 Å². The number of fused-ring (bicyclic) bond motifs is 1. The van der Waals surface area contributed by atoms with Crippen LogP contribution in [0, 0.1) is 13.8 Å². The molecule has 0 unspecified atom stereocenters. The maximum atomic E-state index is 13.0. The Morgan fingerprint density at radius 1 is 1.28 bits per heavy atom. The Balaban J connectivity index is 1.61. The van der Waals surface area contributed by atoms with Gasteiger partial charge in [0, 0.05) is 35.7 Å². The van der Waals surface area contributed by atoms with E-state index in [2.05, 4.69) is 28.1 Å². The SMILES string of the molecule is Cc1cc(C)c2ccc(C(=O)N3CCC[C@@H](c4ncon4)C3)cc2n1. The van der Waals surface area contributed by atoms with Crippen LogP contribution < -0.4 is 0 Å². The molecule has 0 N–H and O–H groups in total. The minimum atomic E-state index is 0.0380. The predicted molar refractivity (Wildman–Crippen MR) is 93.4 cm³/mol. The van der Waals surface area contributed by atoms with Crippen molar-refractivity contribution in [3.63, 3.8) is 0 Å². The molecule has 1 aliphatic rings. The molecule has 3 heterocycles. The Morgan fingerprint density at radius 3 is 2.96 bits per heavy atom. The normalized spacial score (nSPS) is 17.8. The van der Waals surface area contributed by atoms with E-state index in [1.54, 1.807) is 0 Å². The van der Waals surface area contributed by atoms with Gasteiger partial charge < -0.3 is 9.42 Å². The van der Waals surface area contributed by atoms with Gasteiger partial charge in [0.1, 0.15) is 0 Å². The van der Waals surface area contributed by atoms with Crippen molar-refractivity contribution in [1.29, 1.82) is 0 Å². The van der Waals surface area contributed by atoms with E-state index >= 15 is 0 Å². The number of hydrogen-bond donors (Lipinski definition) is 0. The average Bonchev–Trinajstić information content (AvgIpc) is 3.15. The van der Waals surface area contributed by atoms with Crippen LogP contribution in [0.3, 0.4) is 0 Å². The molecule has 128 valence electrons. The summed E-state index contributed by atoms with van der Waals surface area (Å²) < 4.78 is 4.85. The van der Waals surface area contributed by atoms with E-state index in [4.69, 9.17) is 4.52 Å². The summed E-state index contributed by atoms with van der Waals surface area (Å²) in [6.45, 7) is 5.42. The molecule has 6 nitrogen and oxygen atoms in total. The molecule has 2 aromatic heterocycles. The van der Waals surface area contributed by atoms with Crippen LogP contribution in [0.25, 0.3) is 10.9 Å². The summed E-state index contributed by atoms with van der Waals surface area (Å²) in [6.07, 6.45) is 3.26. The maximum absolute atomic E-state index is 13.0. The second-order valence-corrected chi connectivity index (χ2v) is 6.69. The molecule has 0 bridgehead atoms. The fraction of sp³-hybridized carbons (Fsp3) is 0.368. The first-order valence-electron chi connectivity index (χ1n) is 8.55. The van der Waals surface area contributed by atoms with Gasteiger partial charge in [0.2, 0.25) is 6.39 Å². The summed E-state index contributed by atoms with van der Waals surface area (Å²) in [5.74, 6) is 0.861. The summed E-state index contributed by atoms with van der Waals surface area (Å²) in [7, 11) is 0. The van der Waals surface area contributed by atoms with Crippen molar-refractivity contribution >= 4 is 16.8 Å². The number of likely N-dealkylation sites (tertiary alicyclic amines) is 1. The molecule has 0 radical (unpaired) electrons. The zero-order valence-corrected chi connectivity index (χ0v) is 14.4. The molecule has 0 spiro atoms. The van der Waals surface area contributed by atoms with Gasteiger partial charge in [-0.25, -0.2) is 0 Å². The lowest BCUT2D eigenvalue weighted by Crippen LogP contribution is -2.39. The minimum Gasteiger partial charge on any atom is -0.343 e. The number of aromatic nitrogens is 3. The Hall–Kier alpha value is -2.76. The van der Waals surface area contributed by atoms with Gasteiger partial charge in [-0.05, 0) is 50.5 Å². The molecule has 3 aromatic rings. The summed E-state index contributed by atoms with van der Waals surface area (Å²) in [6, 6.07) is 7.84. The van der Waals surface area contributed by atoms with E-state index in [0.717, 1.165) is 36.0 Å². The molecule has 4 rings (SSSR count). The number of pyridine rings is 1. The summed E-state index contributed by atoms with van der Waals surface area (Å²) in [4.78, 5) is 23.6. The number of nitrogens with zero attached hydrogens (tertiary/aromatic N) is 4. The lowest BCUT2D eigenvalue weighted by Gasteiger charge is -2.31. The van der Waals surface area contributed by atoms with E-state index < -0.39 is 0 Å². The van der Waals surface area contributed by atoms with Crippen molar-refractivity contribution in [1.82, 2.24) is 20.0 Å². The largest absolute Gasteiger partial charge is 0.343 e. The van der Waals surface area contributed by atoms with E-state index in [9.17, 15) is 4.79 Å². The van der Waals surface area contributed by atoms with Gasteiger partial charge in [0.25, 0.3) is 5.91 Å². The topological polar surface area (TPSA) is 72.1 Å². The standard InChI is InChI=1S/C19H20N4O2/c1-12-8-13(2)21-17-9-14(5-6-16(12)17)19(24)23-7-3-4-15(10-23)18-20-11-25-22-18/h5-6,8-9,11,15H,3-4,7,10H2,1-2H3/t15-/m1/s1. The Labute approximate surface area is 145 Å². The third-order valence-corrected chi connectivity index (χ3v) is 4.84.